The van der Waals surface area contributed by atoms with Gasteiger partial charge < -0.3 is 5.11 Å². The molecule has 0 atom stereocenters. The summed E-state index contributed by atoms with van der Waals surface area (Å²) in [7, 11) is 0. The van der Waals surface area contributed by atoms with Gasteiger partial charge in [-0.2, -0.15) is 13.2 Å². The van der Waals surface area contributed by atoms with Gasteiger partial charge in [0.25, 0.3) is 0 Å². The molecule has 0 saturated carbocycles. The smallest absolute Gasteiger partial charge is 0.389 e. The zero-order valence-electron chi connectivity index (χ0n) is 6.90. The third-order valence-corrected chi connectivity index (χ3v) is 1.61. The molecule has 1 N–H and O–H groups in total. The molecule has 5 heteroatoms. The van der Waals surface area contributed by atoms with E-state index in [0.717, 1.165) is 0 Å². The van der Waals surface area contributed by atoms with E-state index in [1.165, 1.54) is 13.8 Å². The molecule has 12 heavy (non-hydrogen) atoms. The minimum atomic E-state index is -4.27. The van der Waals surface area contributed by atoms with E-state index in [-0.39, 0.29) is 6.42 Å². The standard InChI is InChI=1S/C7H11F3O2/c1-6(2,5(11)12)3-4-7(8,9)10/h3-4H2,1-2H3,(H,11,12). The molecule has 0 radical (unpaired) electrons. The van der Waals surface area contributed by atoms with Gasteiger partial charge in [0.1, 0.15) is 0 Å². The highest BCUT2D eigenvalue weighted by Crippen LogP contribution is 2.30. The van der Waals surface area contributed by atoms with Crippen LogP contribution >= 0.6 is 0 Å². The van der Waals surface area contributed by atoms with Crippen molar-refractivity contribution in [1.29, 1.82) is 0 Å². The first-order valence-corrected chi connectivity index (χ1v) is 3.45. The monoisotopic (exact) mass is 184 g/mol. The van der Waals surface area contributed by atoms with Gasteiger partial charge in [-0.25, -0.2) is 0 Å². The molecular formula is C7H11F3O2. The van der Waals surface area contributed by atoms with Crippen LogP contribution in [0.15, 0.2) is 0 Å². The second-order valence-electron chi connectivity index (χ2n) is 3.30. The second-order valence-corrected chi connectivity index (χ2v) is 3.30. The van der Waals surface area contributed by atoms with Crippen molar-refractivity contribution in [1.82, 2.24) is 0 Å². The lowest BCUT2D eigenvalue weighted by molar-refractivity contribution is -0.155. The maximum Gasteiger partial charge on any atom is 0.389 e. The molecule has 2 nitrogen and oxygen atoms in total. The van der Waals surface area contributed by atoms with E-state index in [0.29, 0.717) is 0 Å². The number of halogens is 3. The van der Waals surface area contributed by atoms with Crippen molar-refractivity contribution >= 4 is 5.97 Å². The lowest BCUT2D eigenvalue weighted by Gasteiger charge is -2.19. The molecule has 0 aromatic carbocycles. The minimum absolute atomic E-state index is 0.383. The Morgan fingerprint density at radius 2 is 1.67 bits per heavy atom. The van der Waals surface area contributed by atoms with Gasteiger partial charge in [-0.3, -0.25) is 4.79 Å². The number of carboxylic acid groups (broad SMARTS) is 1. The van der Waals surface area contributed by atoms with Crippen LogP contribution in [0.3, 0.4) is 0 Å². The topological polar surface area (TPSA) is 37.3 Å². The van der Waals surface area contributed by atoms with Crippen LogP contribution in [0.4, 0.5) is 13.2 Å². The zero-order valence-corrected chi connectivity index (χ0v) is 6.90. The summed E-state index contributed by atoms with van der Waals surface area (Å²) in [5.74, 6) is -1.20. The predicted molar refractivity (Wildman–Crippen MR) is 36.7 cm³/mol. The number of carbonyl (C=O) groups is 1. The van der Waals surface area contributed by atoms with Crippen LogP contribution in [0.1, 0.15) is 26.7 Å². The largest absolute Gasteiger partial charge is 0.481 e. The molecule has 0 heterocycles. The summed E-state index contributed by atoms with van der Waals surface area (Å²) in [5.41, 5.74) is -1.30. The Morgan fingerprint density at radius 1 is 1.25 bits per heavy atom. The van der Waals surface area contributed by atoms with Crippen molar-refractivity contribution in [3.63, 3.8) is 0 Å². The summed E-state index contributed by atoms with van der Waals surface area (Å²) in [4.78, 5) is 10.4. The van der Waals surface area contributed by atoms with Crippen LogP contribution in [0.5, 0.6) is 0 Å². The Bertz CT molecular complexity index is 172. The van der Waals surface area contributed by atoms with Crippen LogP contribution in [0, 0.1) is 5.41 Å². The average molecular weight is 184 g/mol. The van der Waals surface area contributed by atoms with Crippen LogP contribution in [-0.4, -0.2) is 17.3 Å². The molecule has 72 valence electrons. The molecule has 0 aliphatic heterocycles. The Labute approximate surface area is 68.4 Å². The lowest BCUT2D eigenvalue weighted by Crippen LogP contribution is -2.25. The van der Waals surface area contributed by atoms with E-state index in [2.05, 4.69) is 0 Å². The fraction of sp³-hybridized carbons (Fsp3) is 0.857. The molecule has 0 bridgehead atoms. The van der Waals surface area contributed by atoms with Gasteiger partial charge in [0.15, 0.2) is 0 Å². The van der Waals surface area contributed by atoms with E-state index in [9.17, 15) is 18.0 Å². The van der Waals surface area contributed by atoms with E-state index in [1.807, 2.05) is 0 Å². The first kappa shape index (κ1) is 11.3. The molecule has 0 unspecified atom stereocenters. The van der Waals surface area contributed by atoms with Gasteiger partial charge in [0.2, 0.25) is 0 Å². The Morgan fingerprint density at radius 3 is 1.92 bits per heavy atom. The maximum absolute atomic E-state index is 11.7. The fourth-order valence-corrected chi connectivity index (χ4v) is 0.561. The highest BCUT2D eigenvalue weighted by atomic mass is 19.4. The number of aliphatic carboxylic acids is 1. The summed E-state index contributed by atoms with van der Waals surface area (Å²) in [6.45, 7) is 2.56. The van der Waals surface area contributed by atoms with Gasteiger partial charge in [-0.05, 0) is 20.3 Å². The number of alkyl halides is 3. The Balaban J connectivity index is 4.01. The summed E-state index contributed by atoms with van der Waals surface area (Å²) >= 11 is 0. The van der Waals surface area contributed by atoms with E-state index < -0.39 is 24.0 Å². The van der Waals surface area contributed by atoms with Crippen molar-refractivity contribution in [2.45, 2.75) is 32.9 Å². The van der Waals surface area contributed by atoms with E-state index >= 15 is 0 Å². The summed E-state index contributed by atoms with van der Waals surface area (Å²) in [5, 5.41) is 8.47. The van der Waals surface area contributed by atoms with Gasteiger partial charge >= 0.3 is 12.1 Å². The summed E-state index contributed by atoms with van der Waals surface area (Å²) in [6, 6.07) is 0. The van der Waals surface area contributed by atoms with Crippen molar-refractivity contribution in [2.24, 2.45) is 5.41 Å². The highest BCUT2D eigenvalue weighted by molar-refractivity contribution is 5.73. The van der Waals surface area contributed by atoms with Gasteiger partial charge in [0, 0.05) is 6.42 Å². The first-order chi connectivity index (χ1) is 5.15. The molecule has 0 rings (SSSR count). The number of carboxylic acids is 1. The lowest BCUT2D eigenvalue weighted by atomic mass is 9.88. The van der Waals surface area contributed by atoms with Gasteiger partial charge in [0.05, 0.1) is 5.41 Å². The SMILES string of the molecule is CC(C)(CCC(F)(F)F)C(=O)O. The molecular weight excluding hydrogens is 173 g/mol. The Hall–Kier alpha value is -0.740. The quantitative estimate of drug-likeness (QED) is 0.731. The van der Waals surface area contributed by atoms with Crippen LogP contribution in [-0.2, 0) is 4.79 Å². The minimum Gasteiger partial charge on any atom is -0.481 e. The summed E-state index contributed by atoms with van der Waals surface area (Å²) in [6.07, 6.45) is -5.70. The van der Waals surface area contributed by atoms with Crippen molar-refractivity contribution in [2.75, 3.05) is 0 Å². The molecule has 0 saturated heterocycles. The Kier molecular flexibility index (Phi) is 3.12. The van der Waals surface area contributed by atoms with Gasteiger partial charge in [-0.15, -0.1) is 0 Å². The van der Waals surface area contributed by atoms with Gasteiger partial charge in [-0.1, -0.05) is 0 Å². The normalized spacial score (nSPS) is 13.1. The van der Waals surface area contributed by atoms with Crippen LogP contribution in [0.2, 0.25) is 0 Å². The molecule has 0 spiro atoms. The number of hydrogen-bond acceptors (Lipinski definition) is 1. The molecule has 0 aliphatic rings. The average Bonchev–Trinajstić information content (AvgIpc) is 1.82. The zero-order chi connectivity index (χ0) is 9.99. The second kappa shape index (κ2) is 3.33. The van der Waals surface area contributed by atoms with Crippen LogP contribution in [0.25, 0.3) is 0 Å². The number of rotatable bonds is 3. The highest BCUT2D eigenvalue weighted by Gasteiger charge is 2.34. The van der Waals surface area contributed by atoms with E-state index in [1.54, 1.807) is 0 Å². The molecule has 0 aliphatic carbocycles. The first-order valence-electron chi connectivity index (χ1n) is 3.45. The fourth-order valence-electron chi connectivity index (χ4n) is 0.561. The third-order valence-electron chi connectivity index (χ3n) is 1.61. The molecule has 0 amide bonds. The summed E-state index contributed by atoms with van der Waals surface area (Å²) < 4.78 is 35.0. The predicted octanol–water partition coefficient (Wildman–Crippen LogP) is 2.44. The molecule has 0 aromatic rings. The van der Waals surface area contributed by atoms with Crippen molar-refractivity contribution in [3.05, 3.63) is 0 Å². The third kappa shape index (κ3) is 4.20. The maximum atomic E-state index is 11.7. The van der Waals surface area contributed by atoms with Crippen LogP contribution < -0.4 is 0 Å². The molecule has 0 fully saturated rings. The number of hydrogen-bond donors (Lipinski definition) is 1. The van der Waals surface area contributed by atoms with Crippen molar-refractivity contribution in [3.8, 4) is 0 Å². The molecule has 0 aromatic heterocycles. The van der Waals surface area contributed by atoms with E-state index in [4.69, 9.17) is 5.11 Å². The van der Waals surface area contributed by atoms with Crippen molar-refractivity contribution < 1.29 is 23.1 Å².